The molecule has 3 N–H and O–H groups in total. The number of carboxylic acids is 2. The van der Waals surface area contributed by atoms with Gasteiger partial charge in [-0.1, -0.05) is 6.07 Å². The van der Waals surface area contributed by atoms with E-state index in [9.17, 15) is 9.59 Å². The number of carbonyl (C=O) groups is 2. The summed E-state index contributed by atoms with van der Waals surface area (Å²) in [5, 5.41) is 26.4. The molecule has 0 bridgehead atoms. The fraction of sp³-hybridized carbons (Fsp3) is 0.200. The Labute approximate surface area is 85.6 Å². The van der Waals surface area contributed by atoms with Crippen LogP contribution >= 0.6 is 0 Å². The summed E-state index contributed by atoms with van der Waals surface area (Å²) < 4.78 is 0. The monoisotopic (exact) mass is 210 g/mol. The Hall–Kier alpha value is -1.88. The number of aliphatic hydroxyl groups excluding tert-OH is 1. The molecule has 1 aromatic carbocycles. The first-order chi connectivity index (χ1) is 7.07. The molecule has 80 valence electrons. The molecule has 5 heteroatoms. The number of carboxylic acid groups (broad SMARTS) is 2. The zero-order valence-corrected chi connectivity index (χ0v) is 7.80. The Kier molecular flexibility index (Phi) is 3.41. The molecule has 0 aliphatic heterocycles. The highest BCUT2D eigenvalue weighted by atomic mass is 16.4. The molecule has 0 aliphatic carbocycles. The molecule has 1 aromatic rings. The van der Waals surface area contributed by atoms with E-state index in [0.29, 0.717) is 0 Å². The van der Waals surface area contributed by atoms with E-state index < -0.39 is 11.9 Å². The van der Waals surface area contributed by atoms with Gasteiger partial charge >= 0.3 is 11.9 Å². The lowest BCUT2D eigenvalue weighted by molar-refractivity contribution is 0.0695. The Balaban J connectivity index is 3.34. The van der Waals surface area contributed by atoms with Crippen molar-refractivity contribution in [2.24, 2.45) is 0 Å². The van der Waals surface area contributed by atoms with Crippen molar-refractivity contribution in [1.29, 1.82) is 0 Å². The van der Waals surface area contributed by atoms with Gasteiger partial charge in [0.25, 0.3) is 0 Å². The third-order valence-electron chi connectivity index (χ3n) is 2.00. The molecule has 0 unspecified atom stereocenters. The van der Waals surface area contributed by atoms with Gasteiger partial charge in [-0.3, -0.25) is 0 Å². The molecule has 0 saturated carbocycles. The summed E-state index contributed by atoms with van der Waals surface area (Å²) in [6.07, 6.45) is 0.0180. The van der Waals surface area contributed by atoms with Crippen molar-refractivity contribution in [2.75, 3.05) is 6.61 Å². The van der Waals surface area contributed by atoms with Crippen LogP contribution in [0, 0.1) is 0 Å². The summed E-state index contributed by atoms with van der Waals surface area (Å²) in [6.45, 7) is -0.287. The van der Waals surface area contributed by atoms with Crippen LogP contribution in [0.2, 0.25) is 0 Å². The highest BCUT2D eigenvalue weighted by molar-refractivity contribution is 5.96. The van der Waals surface area contributed by atoms with E-state index in [1.165, 1.54) is 18.2 Å². The van der Waals surface area contributed by atoms with Gasteiger partial charge in [0.2, 0.25) is 0 Å². The van der Waals surface area contributed by atoms with Gasteiger partial charge in [0.15, 0.2) is 0 Å². The minimum atomic E-state index is -1.19. The van der Waals surface area contributed by atoms with Crippen LogP contribution in [0.25, 0.3) is 0 Å². The normalized spacial score (nSPS) is 9.93. The number of hydrogen-bond acceptors (Lipinski definition) is 3. The average molecular weight is 210 g/mol. The van der Waals surface area contributed by atoms with Crippen molar-refractivity contribution in [1.82, 2.24) is 0 Å². The summed E-state index contributed by atoms with van der Waals surface area (Å²) in [4.78, 5) is 21.6. The van der Waals surface area contributed by atoms with E-state index in [0.717, 1.165) is 0 Å². The fourth-order valence-electron chi connectivity index (χ4n) is 1.37. The third-order valence-corrected chi connectivity index (χ3v) is 2.00. The van der Waals surface area contributed by atoms with Crippen molar-refractivity contribution in [3.8, 4) is 0 Å². The van der Waals surface area contributed by atoms with Crippen molar-refractivity contribution in [3.63, 3.8) is 0 Å². The van der Waals surface area contributed by atoms with Crippen molar-refractivity contribution in [3.05, 3.63) is 34.9 Å². The maximum Gasteiger partial charge on any atom is 0.335 e. The summed E-state index contributed by atoms with van der Waals surface area (Å²) in [5.74, 6) is -2.39. The van der Waals surface area contributed by atoms with E-state index in [1.54, 1.807) is 0 Å². The van der Waals surface area contributed by atoms with E-state index in [4.69, 9.17) is 15.3 Å². The topological polar surface area (TPSA) is 94.8 Å². The van der Waals surface area contributed by atoms with E-state index in [-0.39, 0.29) is 29.7 Å². The first-order valence-electron chi connectivity index (χ1n) is 4.27. The van der Waals surface area contributed by atoms with Crippen LogP contribution in [0.15, 0.2) is 18.2 Å². The fourth-order valence-corrected chi connectivity index (χ4v) is 1.37. The van der Waals surface area contributed by atoms with E-state index in [1.807, 2.05) is 0 Å². The molecule has 0 radical (unpaired) electrons. The number of aliphatic hydroxyl groups is 1. The number of aromatic carboxylic acids is 2. The van der Waals surface area contributed by atoms with Crippen LogP contribution in [-0.4, -0.2) is 33.9 Å². The second kappa shape index (κ2) is 4.56. The van der Waals surface area contributed by atoms with Crippen LogP contribution in [0.5, 0.6) is 0 Å². The van der Waals surface area contributed by atoms with Crippen LogP contribution < -0.4 is 0 Å². The highest BCUT2D eigenvalue weighted by Crippen LogP contribution is 2.16. The molecule has 0 fully saturated rings. The predicted octanol–water partition coefficient (Wildman–Crippen LogP) is 0.618. The van der Waals surface area contributed by atoms with Gasteiger partial charge in [-0.2, -0.15) is 0 Å². The first-order valence-corrected chi connectivity index (χ1v) is 4.27. The second-order valence-electron chi connectivity index (χ2n) is 2.92. The molecule has 0 spiro atoms. The van der Waals surface area contributed by atoms with Gasteiger partial charge in [-0.05, 0) is 24.1 Å². The largest absolute Gasteiger partial charge is 0.478 e. The predicted molar refractivity (Wildman–Crippen MR) is 51.2 cm³/mol. The quantitative estimate of drug-likeness (QED) is 0.677. The van der Waals surface area contributed by atoms with Gasteiger partial charge < -0.3 is 15.3 Å². The van der Waals surface area contributed by atoms with E-state index in [2.05, 4.69) is 0 Å². The lowest BCUT2D eigenvalue weighted by atomic mass is 9.98. The van der Waals surface area contributed by atoms with Gasteiger partial charge in [-0.15, -0.1) is 0 Å². The van der Waals surface area contributed by atoms with Crippen molar-refractivity contribution in [2.45, 2.75) is 6.42 Å². The number of benzene rings is 1. The minimum absolute atomic E-state index is 0.0180. The standard InChI is InChI=1S/C10H10O5/c11-5-4-6-7(9(12)13)2-1-3-8(6)10(14)15/h1-3,11H,4-5H2,(H,12,13)(H,14,15). The number of rotatable bonds is 4. The summed E-state index contributed by atoms with van der Waals surface area (Å²) in [6, 6.07) is 4.01. The van der Waals surface area contributed by atoms with Crippen LogP contribution in [0.1, 0.15) is 26.3 Å². The molecule has 0 atom stereocenters. The van der Waals surface area contributed by atoms with Gasteiger partial charge in [0.1, 0.15) is 0 Å². The molecule has 5 nitrogen and oxygen atoms in total. The smallest absolute Gasteiger partial charge is 0.335 e. The molecule has 0 aliphatic rings. The summed E-state index contributed by atoms with van der Waals surface area (Å²) in [7, 11) is 0. The van der Waals surface area contributed by atoms with Crippen molar-refractivity contribution >= 4 is 11.9 Å². The third kappa shape index (κ3) is 2.32. The van der Waals surface area contributed by atoms with Crippen LogP contribution in [0.3, 0.4) is 0 Å². The lowest BCUT2D eigenvalue weighted by Crippen LogP contribution is -2.11. The molecule has 1 rings (SSSR count). The van der Waals surface area contributed by atoms with Crippen LogP contribution in [-0.2, 0) is 6.42 Å². The van der Waals surface area contributed by atoms with Crippen molar-refractivity contribution < 1.29 is 24.9 Å². The molecule has 0 amide bonds. The van der Waals surface area contributed by atoms with Crippen LogP contribution in [0.4, 0.5) is 0 Å². The Morgan fingerprint density at radius 2 is 1.53 bits per heavy atom. The van der Waals surface area contributed by atoms with Gasteiger partial charge in [0, 0.05) is 6.61 Å². The second-order valence-corrected chi connectivity index (χ2v) is 2.92. The zero-order chi connectivity index (χ0) is 11.4. The molecular formula is C10H10O5. The van der Waals surface area contributed by atoms with E-state index >= 15 is 0 Å². The summed E-state index contributed by atoms with van der Waals surface area (Å²) in [5.41, 5.74) is -0.00657. The molecule has 15 heavy (non-hydrogen) atoms. The molecule has 0 heterocycles. The maximum absolute atomic E-state index is 10.8. The molecule has 0 aromatic heterocycles. The first kappa shape index (κ1) is 11.2. The Bertz CT molecular complexity index is 365. The summed E-state index contributed by atoms with van der Waals surface area (Å²) >= 11 is 0. The lowest BCUT2D eigenvalue weighted by Gasteiger charge is -2.07. The maximum atomic E-state index is 10.8. The SMILES string of the molecule is O=C(O)c1cccc(C(=O)O)c1CCO. The number of hydrogen-bond donors (Lipinski definition) is 3. The Morgan fingerprint density at radius 1 is 1.07 bits per heavy atom. The zero-order valence-electron chi connectivity index (χ0n) is 7.80. The molecular weight excluding hydrogens is 200 g/mol. The molecule has 0 saturated heterocycles. The minimum Gasteiger partial charge on any atom is -0.478 e. The highest BCUT2D eigenvalue weighted by Gasteiger charge is 2.16. The average Bonchev–Trinajstić information content (AvgIpc) is 2.17. The van der Waals surface area contributed by atoms with Gasteiger partial charge in [-0.25, -0.2) is 9.59 Å². The van der Waals surface area contributed by atoms with Gasteiger partial charge in [0.05, 0.1) is 11.1 Å². The Morgan fingerprint density at radius 3 is 1.87 bits per heavy atom.